The van der Waals surface area contributed by atoms with Crippen LogP contribution in [0, 0.1) is 25.5 Å². The van der Waals surface area contributed by atoms with Crippen molar-refractivity contribution in [3.05, 3.63) is 106 Å². The van der Waals surface area contributed by atoms with Crippen LogP contribution >= 0.6 is 0 Å². The average Bonchev–Trinajstić information content (AvgIpc) is 2.80. The number of halogens is 2. The van der Waals surface area contributed by atoms with Gasteiger partial charge in [0.1, 0.15) is 28.8 Å². The Bertz CT molecular complexity index is 1300. The summed E-state index contributed by atoms with van der Waals surface area (Å²) < 4.78 is 33.0. The Labute approximate surface area is 203 Å². The minimum absolute atomic E-state index is 0.00256. The van der Waals surface area contributed by atoms with Crippen LogP contribution in [0.25, 0.3) is 0 Å². The number of ether oxygens (including phenoxy) is 1. The van der Waals surface area contributed by atoms with Gasteiger partial charge in [0.05, 0.1) is 0 Å². The van der Waals surface area contributed by atoms with E-state index in [0.717, 1.165) is 17.3 Å². The second-order valence-electron chi connectivity index (χ2n) is 8.79. The molecule has 0 fully saturated rings. The van der Waals surface area contributed by atoms with E-state index in [2.05, 4.69) is 15.6 Å². The Morgan fingerprint density at radius 2 is 1.80 bits per heavy atom. The zero-order chi connectivity index (χ0) is 25.0. The van der Waals surface area contributed by atoms with Crippen LogP contribution in [0.3, 0.4) is 0 Å². The van der Waals surface area contributed by atoms with E-state index in [1.165, 1.54) is 12.1 Å². The van der Waals surface area contributed by atoms with Crippen LogP contribution in [0.4, 0.5) is 14.5 Å². The molecule has 1 aliphatic heterocycles. The van der Waals surface area contributed by atoms with E-state index < -0.39 is 17.3 Å². The highest BCUT2D eigenvalue weighted by molar-refractivity contribution is 5.96. The van der Waals surface area contributed by atoms with E-state index in [0.29, 0.717) is 34.6 Å². The van der Waals surface area contributed by atoms with Gasteiger partial charge in [0.15, 0.2) is 0 Å². The van der Waals surface area contributed by atoms with Crippen LogP contribution in [0.2, 0.25) is 0 Å². The molecule has 3 aromatic carbocycles. The monoisotopic (exact) mass is 475 g/mol. The largest absolute Gasteiger partial charge is 0.461 e. The van der Waals surface area contributed by atoms with Gasteiger partial charge >= 0.3 is 0 Å². The fraction of sp³-hybridized carbons (Fsp3) is 0.214. The van der Waals surface area contributed by atoms with Crippen molar-refractivity contribution in [3.8, 4) is 5.75 Å². The van der Waals surface area contributed by atoms with E-state index in [9.17, 15) is 13.6 Å². The molecular formula is C28H27F2N3O2. The third-order valence-corrected chi connectivity index (χ3v) is 5.83. The normalized spacial score (nSPS) is 17.0. The summed E-state index contributed by atoms with van der Waals surface area (Å²) >= 11 is 0. The number of aliphatic imine (C=N–C) groups is 1. The summed E-state index contributed by atoms with van der Waals surface area (Å²) in [5, 5.41) is 6.20. The van der Waals surface area contributed by atoms with Gasteiger partial charge in [-0.05, 0) is 68.3 Å². The Morgan fingerprint density at radius 3 is 2.54 bits per heavy atom. The maximum Gasteiger partial charge on any atom is 0.251 e. The smallest absolute Gasteiger partial charge is 0.251 e. The topological polar surface area (TPSA) is 62.7 Å². The van der Waals surface area contributed by atoms with Crippen LogP contribution in [-0.4, -0.2) is 17.8 Å². The molecule has 0 spiro atoms. The predicted molar refractivity (Wildman–Crippen MR) is 134 cm³/mol. The van der Waals surface area contributed by atoms with E-state index in [-0.39, 0.29) is 12.5 Å². The summed E-state index contributed by atoms with van der Waals surface area (Å²) in [4.78, 5) is 17.4. The standard InChI is InChI=1S/C28H27F2N3O2/c1-18-7-4-5-9-25(18)33-28(3)16-23(11-12-32-28)35-26-10-6-8-24(19(26)2)27(34)31-17-20-13-21(29)15-22(30)14-20/h4-15,33H,16-17H2,1-3H3,(H,31,34). The molecule has 0 aromatic heterocycles. The van der Waals surface area contributed by atoms with Crippen molar-refractivity contribution in [2.75, 3.05) is 5.32 Å². The van der Waals surface area contributed by atoms with Gasteiger partial charge in [0.25, 0.3) is 5.91 Å². The fourth-order valence-electron chi connectivity index (χ4n) is 3.98. The second kappa shape index (κ2) is 10.1. The molecule has 1 aliphatic rings. The number of benzene rings is 3. The van der Waals surface area contributed by atoms with Gasteiger partial charge in [0.2, 0.25) is 0 Å². The minimum atomic E-state index is -0.686. The molecular weight excluding hydrogens is 448 g/mol. The molecule has 7 heteroatoms. The van der Waals surface area contributed by atoms with E-state index in [1.807, 2.05) is 44.2 Å². The molecule has 3 aromatic rings. The van der Waals surface area contributed by atoms with E-state index in [4.69, 9.17) is 4.74 Å². The number of dihydropyridines is 1. The van der Waals surface area contributed by atoms with Gasteiger partial charge < -0.3 is 15.4 Å². The molecule has 35 heavy (non-hydrogen) atoms. The summed E-state index contributed by atoms with van der Waals surface area (Å²) in [6, 6.07) is 16.4. The lowest BCUT2D eigenvalue weighted by Crippen LogP contribution is -2.35. The summed E-state index contributed by atoms with van der Waals surface area (Å²) in [6.45, 7) is 5.84. The molecule has 0 saturated carbocycles. The summed E-state index contributed by atoms with van der Waals surface area (Å²) in [7, 11) is 0. The van der Waals surface area contributed by atoms with Gasteiger partial charge in [-0.25, -0.2) is 8.78 Å². The maximum atomic E-state index is 13.4. The second-order valence-corrected chi connectivity index (χ2v) is 8.79. The first-order valence-electron chi connectivity index (χ1n) is 11.3. The molecule has 0 saturated heterocycles. The lowest BCUT2D eigenvalue weighted by atomic mass is 10.0. The van der Waals surface area contributed by atoms with Crippen molar-refractivity contribution in [2.24, 2.45) is 4.99 Å². The zero-order valence-electron chi connectivity index (χ0n) is 19.9. The molecule has 0 aliphatic carbocycles. The number of para-hydroxylation sites is 1. The SMILES string of the molecule is Cc1ccccc1NC1(C)CC(Oc2cccc(C(=O)NCc3cc(F)cc(F)c3)c2C)=CC=N1. The van der Waals surface area contributed by atoms with Gasteiger partial charge in [-0.2, -0.15) is 0 Å². The molecule has 0 radical (unpaired) electrons. The number of hydrogen-bond acceptors (Lipinski definition) is 4. The van der Waals surface area contributed by atoms with Crippen molar-refractivity contribution in [3.63, 3.8) is 0 Å². The van der Waals surface area contributed by atoms with Crippen LogP contribution in [0.5, 0.6) is 5.75 Å². The van der Waals surface area contributed by atoms with Gasteiger partial charge in [-0.1, -0.05) is 24.3 Å². The number of aryl methyl sites for hydroxylation is 1. The number of nitrogens with zero attached hydrogens (tertiary/aromatic N) is 1. The van der Waals surface area contributed by atoms with Gasteiger partial charge in [0, 0.05) is 42.1 Å². The Balaban J connectivity index is 1.44. The fourth-order valence-corrected chi connectivity index (χ4v) is 3.98. The Morgan fingerprint density at radius 1 is 1.06 bits per heavy atom. The van der Waals surface area contributed by atoms with Crippen LogP contribution < -0.4 is 15.4 Å². The van der Waals surface area contributed by atoms with Crippen molar-refractivity contribution in [2.45, 2.75) is 39.4 Å². The first-order chi connectivity index (χ1) is 16.7. The van der Waals surface area contributed by atoms with Crippen molar-refractivity contribution in [1.82, 2.24) is 5.32 Å². The number of carbonyl (C=O) groups is 1. The van der Waals surface area contributed by atoms with Gasteiger partial charge in [-0.15, -0.1) is 0 Å². The first-order valence-corrected chi connectivity index (χ1v) is 11.3. The van der Waals surface area contributed by atoms with Crippen molar-refractivity contribution >= 4 is 17.8 Å². The molecule has 1 heterocycles. The number of hydrogen-bond donors (Lipinski definition) is 2. The first kappa shape index (κ1) is 24.1. The highest BCUT2D eigenvalue weighted by Crippen LogP contribution is 2.31. The summed E-state index contributed by atoms with van der Waals surface area (Å²) in [6.07, 6.45) is 4.04. The highest BCUT2D eigenvalue weighted by Gasteiger charge is 2.28. The van der Waals surface area contributed by atoms with E-state index in [1.54, 1.807) is 31.3 Å². The molecule has 2 N–H and O–H groups in total. The van der Waals surface area contributed by atoms with Crippen LogP contribution in [0.1, 0.15) is 40.4 Å². The minimum Gasteiger partial charge on any atom is -0.461 e. The maximum absolute atomic E-state index is 13.4. The number of carbonyl (C=O) groups excluding carboxylic acids is 1. The molecule has 4 rings (SSSR count). The molecule has 0 bridgehead atoms. The zero-order valence-corrected chi connectivity index (χ0v) is 19.9. The number of anilines is 1. The Kier molecular flexibility index (Phi) is 6.96. The molecule has 180 valence electrons. The lowest BCUT2D eigenvalue weighted by molar-refractivity contribution is 0.0949. The third-order valence-electron chi connectivity index (χ3n) is 5.83. The number of amides is 1. The van der Waals surface area contributed by atoms with Gasteiger partial charge in [-0.3, -0.25) is 9.79 Å². The number of rotatable bonds is 7. The summed E-state index contributed by atoms with van der Waals surface area (Å²) in [5.74, 6) is -0.473. The summed E-state index contributed by atoms with van der Waals surface area (Å²) in [5.41, 5.74) is 2.96. The third kappa shape index (κ3) is 5.93. The predicted octanol–water partition coefficient (Wildman–Crippen LogP) is 6.08. The van der Waals surface area contributed by atoms with Crippen molar-refractivity contribution in [1.29, 1.82) is 0 Å². The highest BCUT2D eigenvalue weighted by atomic mass is 19.1. The molecule has 1 amide bonds. The lowest BCUT2D eigenvalue weighted by Gasteiger charge is -2.31. The molecule has 1 unspecified atom stereocenters. The van der Waals surface area contributed by atoms with Crippen molar-refractivity contribution < 1.29 is 18.3 Å². The average molecular weight is 476 g/mol. The number of nitrogens with one attached hydrogen (secondary N) is 2. The Hall–Kier alpha value is -4.00. The van der Waals surface area contributed by atoms with E-state index >= 15 is 0 Å². The molecule has 1 atom stereocenters. The van der Waals surface area contributed by atoms with Crippen LogP contribution in [-0.2, 0) is 6.54 Å². The van der Waals surface area contributed by atoms with Crippen LogP contribution in [0.15, 0.2) is 77.5 Å². The molecule has 5 nitrogen and oxygen atoms in total. The number of allylic oxidation sites excluding steroid dienone is 1. The quantitative estimate of drug-likeness (QED) is 0.436.